The van der Waals surface area contributed by atoms with Gasteiger partial charge < -0.3 is 4.74 Å². The Hall–Kier alpha value is -2.09. The van der Waals surface area contributed by atoms with Gasteiger partial charge in [0.2, 0.25) is 0 Å². The molecule has 0 N–H and O–H groups in total. The Bertz CT molecular complexity index is 605. The molecule has 0 radical (unpaired) electrons. The molecule has 1 aromatic carbocycles. The van der Waals surface area contributed by atoms with Crippen LogP contribution >= 0.6 is 0 Å². The lowest BCUT2D eigenvalue weighted by molar-refractivity contribution is -0.141. The van der Waals surface area contributed by atoms with Gasteiger partial charge in [0.1, 0.15) is 5.76 Å². The smallest absolute Gasteiger partial charge is 0.311 e. The average Bonchev–Trinajstić information content (AvgIpc) is 2.63. The maximum absolute atomic E-state index is 11.8. The van der Waals surface area contributed by atoms with Crippen molar-refractivity contribution in [3.63, 3.8) is 0 Å². The van der Waals surface area contributed by atoms with Crippen LogP contribution in [-0.2, 0) is 9.53 Å². The van der Waals surface area contributed by atoms with Gasteiger partial charge in [0, 0.05) is 12.3 Å². The Kier molecular flexibility index (Phi) is 3.08. The van der Waals surface area contributed by atoms with Crippen LogP contribution < -0.4 is 0 Å². The fraction of sp³-hybridized carbons (Fsp3) is 0.235. The molecule has 0 saturated carbocycles. The molecule has 96 valence electrons. The summed E-state index contributed by atoms with van der Waals surface area (Å²) in [6.07, 6.45) is 9.23. The molecule has 1 heterocycles. The fourth-order valence-corrected chi connectivity index (χ4v) is 2.75. The first kappa shape index (κ1) is 12.0. The van der Waals surface area contributed by atoms with E-state index in [4.69, 9.17) is 4.74 Å². The number of allylic oxidation sites excluding steroid dienone is 5. The Labute approximate surface area is 113 Å². The van der Waals surface area contributed by atoms with E-state index in [1.807, 2.05) is 30.4 Å². The number of rotatable bonds is 1. The summed E-state index contributed by atoms with van der Waals surface area (Å²) in [5, 5.41) is 0. The average molecular weight is 252 g/mol. The van der Waals surface area contributed by atoms with Crippen LogP contribution in [0.4, 0.5) is 0 Å². The van der Waals surface area contributed by atoms with Crippen molar-refractivity contribution in [2.45, 2.75) is 25.7 Å². The zero-order valence-electron chi connectivity index (χ0n) is 10.9. The number of hydrogen-bond donors (Lipinski definition) is 0. The van der Waals surface area contributed by atoms with Crippen molar-refractivity contribution in [1.82, 2.24) is 0 Å². The lowest BCUT2D eigenvalue weighted by Crippen LogP contribution is -2.20. The van der Waals surface area contributed by atoms with Crippen molar-refractivity contribution in [2.24, 2.45) is 0 Å². The van der Waals surface area contributed by atoms with Crippen LogP contribution in [0.25, 0.3) is 0 Å². The Morgan fingerprint density at radius 3 is 2.89 bits per heavy atom. The van der Waals surface area contributed by atoms with E-state index in [1.165, 1.54) is 11.1 Å². The molecule has 0 bridgehead atoms. The SMILES string of the molecule is Cc1ccccc1C1CC(=O)OC2=C1C=CC=CC2. The molecule has 0 fully saturated rings. The zero-order valence-corrected chi connectivity index (χ0v) is 10.9. The van der Waals surface area contributed by atoms with Crippen molar-refractivity contribution in [2.75, 3.05) is 0 Å². The molecule has 1 aliphatic heterocycles. The molecular weight excluding hydrogens is 236 g/mol. The van der Waals surface area contributed by atoms with Gasteiger partial charge in [-0.15, -0.1) is 0 Å². The van der Waals surface area contributed by atoms with Gasteiger partial charge in [-0.2, -0.15) is 0 Å². The maximum Gasteiger partial charge on any atom is 0.311 e. The monoisotopic (exact) mass is 252 g/mol. The summed E-state index contributed by atoms with van der Waals surface area (Å²) in [6, 6.07) is 8.25. The van der Waals surface area contributed by atoms with Gasteiger partial charge in [0.05, 0.1) is 6.42 Å². The molecule has 2 aliphatic rings. The van der Waals surface area contributed by atoms with Gasteiger partial charge in [-0.3, -0.25) is 4.79 Å². The second-order valence-electron chi connectivity index (χ2n) is 4.96. The Morgan fingerprint density at radius 1 is 1.21 bits per heavy atom. The maximum atomic E-state index is 11.8. The van der Waals surface area contributed by atoms with E-state index in [1.54, 1.807) is 0 Å². The number of carbonyl (C=O) groups excluding carboxylic acids is 1. The largest absolute Gasteiger partial charge is 0.430 e. The lowest BCUT2D eigenvalue weighted by atomic mass is 9.83. The predicted octanol–water partition coefficient (Wildman–Crippen LogP) is 3.80. The van der Waals surface area contributed by atoms with E-state index < -0.39 is 0 Å². The van der Waals surface area contributed by atoms with Gasteiger partial charge >= 0.3 is 5.97 Å². The van der Waals surface area contributed by atoms with Crippen molar-refractivity contribution < 1.29 is 9.53 Å². The lowest BCUT2D eigenvalue weighted by Gasteiger charge is -2.26. The van der Waals surface area contributed by atoms with Gasteiger partial charge in [-0.25, -0.2) is 0 Å². The summed E-state index contributed by atoms with van der Waals surface area (Å²) >= 11 is 0. The Balaban J connectivity index is 2.09. The first-order chi connectivity index (χ1) is 9.25. The van der Waals surface area contributed by atoms with E-state index in [0.717, 1.165) is 11.3 Å². The van der Waals surface area contributed by atoms with E-state index >= 15 is 0 Å². The van der Waals surface area contributed by atoms with Crippen LogP contribution in [-0.4, -0.2) is 5.97 Å². The molecule has 0 saturated heterocycles. The van der Waals surface area contributed by atoms with Crippen LogP contribution in [0.3, 0.4) is 0 Å². The molecule has 19 heavy (non-hydrogen) atoms. The third-order valence-electron chi connectivity index (χ3n) is 3.70. The minimum atomic E-state index is -0.129. The quantitative estimate of drug-likeness (QED) is 0.711. The first-order valence-corrected chi connectivity index (χ1v) is 6.58. The molecular formula is C17H16O2. The first-order valence-electron chi connectivity index (χ1n) is 6.58. The van der Waals surface area contributed by atoms with E-state index in [-0.39, 0.29) is 11.9 Å². The Morgan fingerprint density at radius 2 is 2.05 bits per heavy atom. The highest BCUT2D eigenvalue weighted by Gasteiger charge is 2.30. The van der Waals surface area contributed by atoms with Crippen molar-refractivity contribution in [1.29, 1.82) is 0 Å². The topological polar surface area (TPSA) is 26.3 Å². The summed E-state index contributed by atoms with van der Waals surface area (Å²) < 4.78 is 5.40. The highest BCUT2D eigenvalue weighted by atomic mass is 16.5. The minimum Gasteiger partial charge on any atom is -0.430 e. The van der Waals surface area contributed by atoms with Crippen LogP contribution in [0.1, 0.15) is 29.9 Å². The molecule has 0 spiro atoms. The second-order valence-corrected chi connectivity index (χ2v) is 4.96. The van der Waals surface area contributed by atoms with Crippen LogP contribution in [0, 0.1) is 6.92 Å². The van der Waals surface area contributed by atoms with Gasteiger partial charge in [0.15, 0.2) is 0 Å². The number of aryl methyl sites for hydroxylation is 1. The minimum absolute atomic E-state index is 0.119. The number of esters is 1. The summed E-state index contributed by atoms with van der Waals surface area (Å²) in [6.45, 7) is 2.09. The van der Waals surface area contributed by atoms with Crippen LogP contribution in [0.5, 0.6) is 0 Å². The standard InChI is InChI=1S/C17H16O2/c1-12-7-5-6-8-13(12)15-11-17(18)19-16-10-4-2-3-9-14(15)16/h2-9,15H,10-11H2,1H3. The summed E-state index contributed by atoms with van der Waals surface area (Å²) in [4.78, 5) is 11.8. The predicted molar refractivity (Wildman–Crippen MR) is 74.6 cm³/mol. The highest BCUT2D eigenvalue weighted by Crippen LogP contribution is 2.38. The summed E-state index contributed by atoms with van der Waals surface area (Å²) in [7, 11) is 0. The molecule has 2 nitrogen and oxygen atoms in total. The van der Waals surface area contributed by atoms with Gasteiger partial charge in [0.25, 0.3) is 0 Å². The van der Waals surface area contributed by atoms with Gasteiger partial charge in [-0.05, 0) is 23.6 Å². The summed E-state index contributed by atoms with van der Waals surface area (Å²) in [5.74, 6) is 0.791. The molecule has 1 aliphatic carbocycles. The number of hydrogen-bond acceptors (Lipinski definition) is 2. The molecule has 1 atom stereocenters. The molecule has 1 unspecified atom stereocenters. The number of benzene rings is 1. The van der Waals surface area contributed by atoms with Gasteiger partial charge in [-0.1, -0.05) is 48.6 Å². The van der Waals surface area contributed by atoms with E-state index in [2.05, 4.69) is 25.1 Å². The zero-order chi connectivity index (χ0) is 13.2. The second kappa shape index (κ2) is 4.88. The highest BCUT2D eigenvalue weighted by molar-refractivity contribution is 5.75. The van der Waals surface area contributed by atoms with E-state index in [0.29, 0.717) is 12.8 Å². The number of carbonyl (C=O) groups is 1. The van der Waals surface area contributed by atoms with Crippen molar-refractivity contribution in [3.8, 4) is 0 Å². The number of ether oxygens (including phenoxy) is 1. The normalized spacial score (nSPS) is 21.9. The summed E-state index contributed by atoms with van der Waals surface area (Å²) in [5.41, 5.74) is 3.58. The van der Waals surface area contributed by atoms with E-state index in [9.17, 15) is 4.79 Å². The third kappa shape index (κ3) is 2.26. The third-order valence-corrected chi connectivity index (χ3v) is 3.70. The molecule has 0 aromatic heterocycles. The van der Waals surface area contributed by atoms with Crippen LogP contribution in [0.2, 0.25) is 0 Å². The molecule has 0 amide bonds. The van der Waals surface area contributed by atoms with Crippen molar-refractivity contribution >= 4 is 5.97 Å². The van der Waals surface area contributed by atoms with Crippen molar-refractivity contribution in [3.05, 3.63) is 71.0 Å². The molecule has 1 aromatic rings. The molecule has 3 rings (SSSR count). The van der Waals surface area contributed by atoms with Crippen LogP contribution in [0.15, 0.2) is 59.9 Å². The molecule has 2 heteroatoms. The fourth-order valence-electron chi connectivity index (χ4n) is 2.75.